The predicted molar refractivity (Wildman–Crippen MR) is 47.3 cm³/mol. The van der Waals surface area contributed by atoms with Gasteiger partial charge in [-0.05, 0) is 19.3 Å². The Balaban J connectivity index is 2.15. The van der Waals surface area contributed by atoms with E-state index >= 15 is 0 Å². The largest absolute Gasteiger partial charge is 0.468 e. The quantitative estimate of drug-likeness (QED) is 0.464. The van der Waals surface area contributed by atoms with E-state index in [0.29, 0.717) is 0 Å². The van der Waals surface area contributed by atoms with Crippen LogP contribution in [0.1, 0.15) is 25.7 Å². The third-order valence-corrected chi connectivity index (χ3v) is 3.16. The van der Waals surface area contributed by atoms with Crippen molar-refractivity contribution in [2.75, 3.05) is 7.11 Å². The number of carbonyl (C=O) groups is 2. The molecule has 0 bridgehead atoms. The van der Waals surface area contributed by atoms with E-state index in [2.05, 4.69) is 4.74 Å². The van der Waals surface area contributed by atoms with Gasteiger partial charge in [0.25, 0.3) is 0 Å². The second-order valence-electron chi connectivity index (χ2n) is 3.92. The Bertz CT molecular complexity index is 261. The van der Waals surface area contributed by atoms with Gasteiger partial charge in [-0.2, -0.15) is 0 Å². The monoisotopic (exact) mass is 198 g/mol. The number of fused-ring (bicyclic) bond motifs is 1. The van der Waals surface area contributed by atoms with Crippen LogP contribution in [0, 0.1) is 11.8 Å². The van der Waals surface area contributed by atoms with Crippen molar-refractivity contribution in [3.63, 3.8) is 0 Å². The molecule has 1 saturated heterocycles. The summed E-state index contributed by atoms with van der Waals surface area (Å²) in [6.45, 7) is 0. The maximum absolute atomic E-state index is 11.4. The minimum absolute atomic E-state index is 0.0413. The molecule has 0 amide bonds. The molecule has 4 heteroatoms. The molecule has 0 N–H and O–H groups in total. The topological polar surface area (TPSA) is 52.6 Å². The van der Waals surface area contributed by atoms with Gasteiger partial charge >= 0.3 is 11.9 Å². The number of ether oxygens (including phenoxy) is 2. The van der Waals surface area contributed by atoms with Crippen molar-refractivity contribution in [2.45, 2.75) is 31.8 Å². The zero-order valence-electron chi connectivity index (χ0n) is 8.19. The molecule has 78 valence electrons. The first kappa shape index (κ1) is 9.49. The molecule has 0 aromatic heterocycles. The fraction of sp³-hybridized carbons (Fsp3) is 0.800. The SMILES string of the molecule is COC(=O)C1C(=O)OC2CCCCC21. The van der Waals surface area contributed by atoms with Gasteiger partial charge in [-0.1, -0.05) is 6.42 Å². The summed E-state index contributed by atoms with van der Waals surface area (Å²) in [6, 6.07) is 0. The number of hydrogen-bond donors (Lipinski definition) is 0. The molecule has 3 atom stereocenters. The second-order valence-corrected chi connectivity index (χ2v) is 3.92. The lowest BCUT2D eigenvalue weighted by Crippen LogP contribution is -2.30. The number of hydrogen-bond acceptors (Lipinski definition) is 4. The summed E-state index contributed by atoms with van der Waals surface area (Å²) in [5.74, 6) is -1.44. The standard InChI is InChI=1S/C10H14O4/c1-13-9(11)8-6-4-2-3-5-7(6)14-10(8)12/h6-8H,2-5H2,1H3. The number of rotatable bonds is 1. The van der Waals surface area contributed by atoms with Gasteiger partial charge in [0, 0.05) is 5.92 Å². The summed E-state index contributed by atoms with van der Waals surface area (Å²) in [5, 5.41) is 0. The van der Waals surface area contributed by atoms with Crippen LogP contribution in [0.15, 0.2) is 0 Å². The number of carbonyl (C=O) groups excluding carboxylic acids is 2. The van der Waals surface area contributed by atoms with E-state index in [1.165, 1.54) is 7.11 Å². The first-order chi connectivity index (χ1) is 6.74. The van der Waals surface area contributed by atoms with E-state index in [-0.39, 0.29) is 12.0 Å². The van der Waals surface area contributed by atoms with Crippen LogP contribution in [-0.4, -0.2) is 25.2 Å². The number of methoxy groups -OCH3 is 1. The van der Waals surface area contributed by atoms with Crippen LogP contribution >= 0.6 is 0 Å². The highest BCUT2D eigenvalue weighted by Crippen LogP contribution is 2.39. The third kappa shape index (κ3) is 1.38. The maximum Gasteiger partial charge on any atom is 0.321 e. The highest BCUT2D eigenvalue weighted by Gasteiger charge is 2.49. The smallest absolute Gasteiger partial charge is 0.321 e. The Hall–Kier alpha value is -1.06. The Morgan fingerprint density at radius 1 is 1.43 bits per heavy atom. The van der Waals surface area contributed by atoms with Gasteiger partial charge < -0.3 is 9.47 Å². The van der Waals surface area contributed by atoms with Gasteiger partial charge in [0.1, 0.15) is 6.10 Å². The summed E-state index contributed by atoms with van der Waals surface area (Å²) < 4.78 is 9.77. The molecule has 3 unspecified atom stereocenters. The van der Waals surface area contributed by atoms with E-state index in [1.807, 2.05) is 0 Å². The lowest BCUT2D eigenvalue weighted by atomic mass is 9.80. The molecular formula is C10H14O4. The van der Waals surface area contributed by atoms with E-state index in [9.17, 15) is 9.59 Å². The molecular weight excluding hydrogens is 184 g/mol. The molecule has 1 aliphatic heterocycles. The van der Waals surface area contributed by atoms with Crippen molar-refractivity contribution in [3.05, 3.63) is 0 Å². The molecule has 0 aromatic rings. The van der Waals surface area contributed by atoms with Crippen LogP contribution in [-0.2, 0) is 19.1 Å². The van der Waals surface area contributed by atoms with Crippen molar-refractivity contribution in [3.8, 4) is 0 Å². The van der Waals surface area contributed by atoms with Gasteiger partial charge in [-0.25, -0.2) is 0 Å². The van der Waals surface area contributed by atoms with Crippen LogP contribution in [0.25, 0.3) is 0 Å². The molecule has 2 rings (SSSR count). The fourth-order valence-electron chi connectivity index (χ4n) is 2.45. The van der Waals surface area contributed by atoms with Gasteiger partial charge in [0.05, 0.1) is 7.11 Å². The lowest BCUT2D eigenvalue weighted by Gasteiger charge is -2.24. The van der Waals surface area contributed by atoms with Crippen molar-refractivity contribution in [2.24, 2.45) is 11.8 Å². The Labute approximate surface area is 82.6 Å². The summed E-state index contributed by atoms with van der Waals surface area (Å²) in [7, 11) is 1.31. The van der Waals surface area contributed by atoms with Crippen LogP contribution < -0.4 is 0 Å². The highest BCUT2D eigenvalue weighted by atomic mass is 16.6. The Morgan fingerprint density at radius 3 is 2.86 bits per heavy atom. The zero-order chi connectivity index (χ0) is 10.1. The van der Waals surface area contributed by atoms with Gasteiger partial charge in [-0.15, -0.1) is 0 Å². The molecule has 1 aliphatic carbocycles. The van der Waals surface area contributed by atoms with E-state index < -0.39 is 17.9 Å². The fourth-order valence-corrected chi connectivity index (χ4v) is 2.45. The molecule has 14 heavy (non-hydrogen) atoms. The van der Waals surface area contributed by atoms with Crippen LogP contribution in [0.4, 0.5) is 0 Å². The summed E-state index contributed by atoms with van der Waals surface area (Å²) in [4.78, 5) is 22.8. The van der Waals surface area contributed by atoms with Crippen molar-refractivity contribution >= 4 is 11.9 Å². The molecule has 1 saturated carbocycles. The first-order valence-electron chi connectivity index (χ1n) is 5.02. The third-order valence-electron chi connectivity index (χ3n) is 3.16. The molecule has 1 heterocycles. The van der Waals surface area contributed by atoms with Crippen LogP contribution in [0.2, 0.25) is 0 Å². The number of esters is 2. The lowest BCUT2D eigenvalue weighted by molar-refractivity contribution is -0.155. The molecule has 2 aliphatic rings. The van der Waals surface area contributed by atoms with Crippen molar-refractivity contribution in [1.29, 1.82) is 0 Å². The summed E-state index contributed by atoms with van der Waals surface area (Å²) >= 11 is 0. The highest BCUT2D eigenvalue weighted by molar-refractivity contribution is 5.96. The molecule has 2 fully saturated rings. The summed E-state index contributed by atoms with van der Waals surface area (Å²) in [5.41, 5.74) is 0. The minimum atomic E-state index is -0.662. The molecule has 0 aromatic carbocycles. The van der Waals surface area contributed by atoms with Gasteiger partial charge in [-0.3, -0.25) is 9.59 Å². The zero-order valence-corrected chi connectivity index (χ0v) is 8.19. The second kappa shape index (κ2) is 3.59. The van der Waals surface area contributed by atoms with E-state index in [0.717, 1.165) is 25.7 Å². The normalized spacial score (nSPS) is 36.1. The Morgan fingerprint density at radius 2 is 2.14 bits per heavy atom. The Kier molecular flexibility index (Phi) is 2.44. The van der Waals surface area contributed by atoms with Crippen molar-refractivity contribution in [1.82, 2.24) is 0 Å². The van der Waals surface area contributed by atoms with Crippen LogP contribution in [0.5, 0.6) is 0 Å². The first-order valence-corrected chi connectivity index (χ1v) is 5.02. The van der Waals surface area contributed by atoms with Crippen molar-refractivity contribution < 1.29 is 19.1 Å². The minimum Gasteiger partial charge on any atom is -0.468 e. The molecule has 0 spiro atoms. The molecule has 0 radical (unpaired) electrons. The van der Waals surface area contributed by atoms with E-state index in [1.54, 1.807) is 0 Å². The predicted octanol–water partition coefficient (Wildman–Crippen LogP) is 0.891. The average Bonchev–Trinajstić information content (AvgIpc) is 2.53. The average molecular weight is 198 g/mol. The molecule has 4 nitrogen and oxygen atoms in total. The van der Waals surface area contributed by atoms with Gasteiger partial charge in [0.2, 0.25) is 0 Å². The van der Waals surface area contributed by atoms with Crippen LogP contribution in [0.3, 0.4) is 0 Å². The maximum atomic E-state index is 11.4. The summed E-state index contributed by atoms with van der Waals surface area (Å²) in [6.07, 6.45) is 3.91. The van der Waals surface area contributed by atoms with E-state index in [4.69, 9.17) is 4.74 Å². The van der Waals surface area contributed by atoms with Gasteiger partial charge in [0.15, 0.2) is 5.92 Å².